The quantitative estimate of drug-likeness (QED) is 0.704. The zero-order chi connectivity index (χ0) is 13.1. The van der Waals surface area contributed by atoms with Gasteiger partial charge in [0.05, 0.1) is 0 Å². The molecular weight excluding hydrogens is 381 g/mol. The lowest BCUT2D eigenvalue weighted by Gasteiger charge is -2.15. The largest absolute Gasteiger partial charge is 0.297 e. The molecule has 18 heavy (non-hydrogen) atoms. The third-order valence-electron chi connectivity index (χ3n) is 2.42. The molecule has 0 fully saturated rings. The standard InChI is InChI=1S/C13H12Br2FNS/c1-17(7-13-5-11(15)8-18-13)6-9-2-10(14)4-12(16)3-9/h2-5,8H,6-7H2,1H3. The van der Waals surface area contributed by atoms with Gasteiger partial charge in [0.25, 0.3) is 0 Å². The second kappa shape index (κ2) is 6.28. The second-order valence-corrected chi connectivity index (χ2v) is 7.01. The highest BCUT2D eigenvalue weighted by Crippen LogP contribution is 2.22. The molecule has 2 aromatic rings. The van der Waals surface area contributed by atoms with E-state index in [-0.39, 0.29) is 5.82 Å². The van der Waals surface area contributed by atoms with Crippen LogP contribution in [0.1, 0.15) is 10.4 Å². The van der Waals surface area contributed by atoms with Crippen LogP contribution in [-0.2, 0) is 13.1 Å². The number of rotatable bonds is 4. The summed E-state index contributed by atoms with van der Waals surface area (Å²) in [7, 11) is 2.03. The molecule has 0 aliphatic carbocycles. The molecule has 0 aliphatic heterocycles. The monoisotopic (exact) mass is 391 g/mol. The molecular formula is C13H12Br2FNS. The van der Waals surface area contributed by atoms with Gasteiger partial charge in [-0.25, -0.2) is 4.39 Å². The molecule has 96 valence electrons. The molecule has 0 atom stereocenters. The van der Waals surface area contributed by atoms with Gasteiger partial charge in [0.15, 0.2) is 0 Å². The van der Waals surface area contributed by atoms with Crippen LogP contribution in [0.4, 0.5) is 4.39 Å². The summed E-state index contributed by atoms with van der Waals surface area (Å²) in [5, 5.41) is 2.07. The van der Waals surface area contributed by atoms with E-state index in [2.05, 4.69) is 48.2 Å². The van der Waals surface area contributed by atoms with Crippen LogP contribution < -0.4 is 0 Å². The summed E-state index contributed by atoms with van der Waals surface area (Å²) in [6.45, 7) is 1.59. The lowest BCUT2D eigenvalue weighted by atomic mass is 10.2. The predicted octanol–water partition coefficient (Wildman–Crippen LogP) is 5.04. The van der Waals surface area contributed by atoms with Gasteiger partial charge in [0, 0.05) is 32.3 Å². The van der Waals surface area contributed by atoms with Crippen molar-refractivity contribution in [3.8, 4) is 0 Å². The maximum Gasteiger partial charge on any atom is 0.124 e. The SMILES string of the molecule is CN(Cc1cc(F)cc(Br)c1)Cc1cc(Br)cs1. The first-order valence-corrected chi connectivity index (χ1v) is 7.86. The lowest BCUT2D eigenvalue weighted by molar-refractivity contribution is 0.321. The van der Waals surface area contributed by atoms with Gasteiger partial charge in [0.2, 0.25) is 0 Å². The van der Waals surface area contributed by atoms with E-state index < -0.39 is 0 Å². The van der Waals surface area contributed by atoms with Gasteiger partial charge in [-0.1, -0.05) is 15.9 Å². The Morgan fingerprint density at radius 3 is 2.50 bits per heavy atom. The molecule has 2 rings (SSSR count). The number of benzene rings is 1. The van der Waals surface area contributed by atoms with Crippen LogP contribution in [-0.4, -0.2) is 11.9 Å². The fourth-order valence-corrected chi connectivity index (χ4v) is 3.82. The van der Waals surface area contributed by atoms with Crippen molar-refractivity contribution in [1.29, 1.82) is 0 Å². The van der Waals surface area contributed by atoms with Crippen molar-refractivity contribution in [3.63, 3.8) is 0 Å². The first kappa shape index (κ1) is 14.2. The summed E-state index contributed by atoms with van der Waals surface area (Å²) in [6, 6.07) is 7.11. The Balaban J connectivity index is 2.00. The highest BCUT2D eigenvalue weighted by molar-refractivity contribution is 9.10. The molecule has 0 unspecified atom stereocenters. The van der Waals surface area contributed by atoms with E-state index >= 15 is 0 Å². The Bertz CT molecular complexity index is 521. The number of nitrogens with zero attached hydrogens (tertiary/aromatic N) is 1. The van der Waals surface area contributed by atoms with Gasteiger partial charge < -0.3 is 0 Å². The summed E-state index contributed by atoms with van der Waals surface area (Å²) in [6.07, 6.45) is 0. The fourth-order valence-electron chi connectivity index (χ4n) is 1.77. The van der Waals surface area contributed by atoms with E-state index in [9.17, 15) is 4.39 Å². The van der Waals surface area contributed by atoms with Gasteiger partial charge >= 0.3 is 0 Å². The van der Waals surface area contributed by atoms with Crippen molar-refractivity contribution < 1.29 is 4.39 Å². The summed E-state index contributed by atoms with van der Waals surface area (Å²) in [5.41, 5.74) is 0.972. The van der Waals surface area contributed by atoms with Crippen LogP contribution in [0.5, 0.6) is 0 Å². The minimum Gasteiger partial charge on any atom is -0.297 e. The Morgan fingerprint density at radius 1 is 1.11 bits per heavy atom. The Hall–Kier alpha value is -0.230. The zero-order valence-corrected chi connectivity index (χ0v) is 13.8. The molecule has 0 bridgehead atoms. The van der Waals surface area contributed by atoms with Crippen LogP contribution >= 0.6 is 43.2 Å². The maximum atomic E-state index is 13.3. The van der Waals surface area contributed by atoms with E-state index in [4.69, 9.17) is 0 Å². The molecule has 1 nitrogen and oxygen atoms in total. The topological polar surface area (TPSA) is 3.24 Å². The molecule has 0 N–H and O–H groups in total. The molecule has 0 saturated carbocycles. The third-order valence-corrected chi connectivity index (χ3v) is 4.56. The summed E-state index contributed by atoms with van der Waals surface area (Å²) in [4.78, 5) is 3.46. The Labute approximate surface area is 127 Å². The van der Waals surface area contributed by atoms with Crippen LogP contribution in [0.25, 0.3) is 0 Å². The number of hydrogen-bond donors (Lipinski definition) is 0. The van der Waals surface area contributed by atoms with Crippen molar-refractivity contribution in [2.75, 3.05) is 7.05 Å². The van der Waals surface area contributed by atoms with E-state index in [1.807, 2.05) is 13.1 Å². The fraction of sp³-hybridized carbons (Fsp3) is 0.231. The number of thiophene rings is 1. The van der Waals surface area contributed by atoms with Crippen molar-refractivity contribution >= 4 is 43.2 Å². The van der Waals surface area contributed by atoms with Crippen LogP contribution in [0.2, 0.25) is 0 Å². The molecule has 5 heteroatoms. The summed E-state index contributed by atoms with van der Waals surface area (Å²) < 4.78 is 15.2. The van der Waals surface area contributed by atoms with Crippen molar-refractivity contribution in [1.82, 2.24) is 4.90 Å². The average molecular weight is 393 g/mol. The Kier molecular flexibility index (Phi) is 4.95. The first-order chi connectivity index (χ1) is 8.52. The molecule has 1 heterocycles. The Morgan fingerprint density at radius 2 is 1.89 bits per heavy atom. The van der Waals surface area contributed by atoms with Gasteiger partial charge in [0.1, 0.15) is 5.82 Å². The third kappa shape index (κ3) is 4.16. The second-order valence-electron chi connectivity index (χ2n) is 4.18. The average Bonchev–Trinajstić information content (AvgIpc) is 2.61. The summed E-state index contributed by atoms with van der Waals surface area (Å²) in [5.74, 6) is -0.202. The van der Waals surface area contributed by atoms with Gasteiger partial charge in [-0.3, -0.25) is 4.90 Å². The maximum absolute atomic E-state index is 13.3. The van der Waals surface area contributed by atoms with Gasteiger partial charge in [-0.15, -0.1) is 11.3 Å². The van der Waals surface area contributed by atoms with Gasteiger partial charge in [-0.2, -0.15) is 0 Å². The molecule has 0 spiro atoms. The van der Waals surface area contributed by atoms with Crippen molar-refractivity contribution in [2.45, 2.75) is 13.1 Å². The normalized spacial score (nSPS) is 11.2. The molecule has 0 aliphatic rings. The van der Waals surface area contributed by atoms with Crippen LogP contribution in [0.15, 0.2) is 38.6 Å². The minimum absolute atomic E-state index is 0.202. The minimum atomic E-state index is -0.202. The zero-order valence-electron chi connectivity index (χ0n) is 9.79. The highest BCUT2D eigenvalue weighted by atomic mass is 79.9. The lowest BCUT2D eigenvalue weighted by Crippen LogP contribution is -2.16. The summed E-state index contributed by atoms with van der Waals surface area (Å²) >= 11 is 8.48. The molecule has 1 aromatic heterocycles. The molecule has 0 amide bonds. The molecule has 0 saturated heterocycles. The molecule has 0 radical (unpaired) electrons. The first-order valence-electron chi connectivity index (χ1n) is 5.39. The van der Waals surface area contributed by atoms with Gasteiger partial charge in [-0.05, 0) is 52.8 Å². The van der Waals surface area contributed by atoms with E-state index in [1.165, 1.54) is 10.9 Å². The predicted molar refractivity (Wildman–Crippen MR) is 81.3 cm³/mol. The van der Waals surface area contributed by atoms with Crippen molar-refractivity contribution in [3.05, 3.63) is 54.8 Å². The van der Waals surface area contributed by atoms with E-state index in [0.29, 0.717) is 0 Å². The van der Waals surface area contributed by atoms with Crippen LogP contribution in [0, 0.1) is 5.82 Å². The number of hydrogen-bond acceptors (Lipinski definition) is 2. The molecule has 1 aromatic carbocycles. The van der Waals surface area contributed by atoms with Crippen LogP contribution in [0.3, 0.4) is 0 Å². The number of halogens is 3. The van der Waals surface area contributed by atoms with E-state index in [1.54, 1.807) is 17.4 Å². The smallest absolute Gasteiger partial charge is 0.124 e. The van der Waals surface area contributed by atoms with Crippen molar-refractivity contribution in [2.24, 2.45) is 0 Å². The van der Waals surface area contributed by atoms with E-state index in [0.717, 1.165) is 27.6 Å². The highest BCUT2D eigenvalue weighted by Gasteiger charge is 2.06.